The Morgan fingerprint density at radius 3 is 2.42 bits per heavy atom. The standard InChI is InChI=1S/C20H22O4/c1-4-23-18-7-5-6-16(13-18)19(20(21)22)12-15-8-10-17(11-9-15)24-14(2)3/h5-14H,4H2,1-3H3,(H,21,22)/b19-12-. The SMILES string of the molecule is CCOc1cccc(/C(=C/c2ccc(OC(C)C)cc2)C(=O)O)c1. The summed E-state index contributed by atoms with van der Waals surface area (Å²) in [7, 11) is 0. The van der Waals surface area contributed by atoms with Crippen LogP contribution in [0.4, 0.5) is 0 Å². The normalized spacial score (nSPS) is 11.4. The fraction of sp³-hybridized carbons (Fsp3) is 0.250. The fourth-order valence-corrected chi connectivity index (χ4v) is 2.27. The first-order valence-electron chi connectivity index (χ1n) is 7.94. The predicted octanol–water partition coefficient (Wildman–Crippen LogP) is 4.50. The number of ether oxygens (including phenoxy) is 2. The van der Waals surface area contributed by atoms with Crippen molar-refractivity contribution in [2.24, 2.45) is 0 Å². The molecular weight excluding hydrogens is 304 g/mol. The minimum Gasteiger partial charge on any atom is -0.494 e. The molecule has 0 aliphatic heterocycles. The molecule has 0 fully saturated rings. The topological polar surface area (TPSA) is 55.8 Å². The number of carboxylic acid groups (broad SMARTS) is 1. The summed E-state index contributed by atoms with van der Waals surface area (Å²) in [6.07, 6.45) is 1.74. The second-order valence-electron chi connectivity index (χ2n) is 5.56. The third-order valence-electron chi connectivity index (χ3n) is 3.25. The monoisotopic (exact) mass is 326 g/mol. The molecule has 126 valence electrons. The third kappa shape index (κ3) is 4.88. The van der Waals surface area contributed by atoms with Crippen molar-refractivity contribution in [1.29, 1.82) is 0 Å². The van der Waals surface area contributed by atoms with E-state index in [4.69, 9.17) is 9.47 Å². The first-order chi connectivity index (χ1) is 11.5. The van der Waals surface area contributed by atoms with Crippen molar-refractivity contribution in [2.45, 2.75) is 26.9 Å². The van der Waals surface area contributed by atoms with Crippen LogP contribution in [0.5, 0.6) is 11.5 Å². The molecule has 24 heavy (non-hydrogen) atoms. The van der Waals surface area contributed by atoms with Gasteiger partial charge in [0, 0.05) is 0 Å². The van der Waals surface area contributed by atoms with E-state index in [-0.39, 0.29) is 11.7 Å². The van der Waals surface area contributed by atoms with Gasteiger partial charge >= 0.3 is 5.97 Å². The van der Waals surface area contributed by atoms with Crippen LogP contribution in [0.2, 0.25) is 0 Å². The summed E-state index contributed by atoms with van der Waals surface area (Å²) in [5.41, 5.74) is 1.62. The molecule has 2 aromatic carbocycles. The van der Waals surface area contributed by atoms with Crippen LogP contribution in [0, 0.1) is 0 Å². The van der Waals surface area contributed by atoms with Crippen LogP contribution in [-0.2, 0) is 4.79 Å². The van der Waals surface area contributed by atoms with E-state index >= 15 is 0 Å². The van der Waals surface area contributed by atoms with Crippen LogP contribution in [0.3, 0.4) is 0 Å². The van der Waals surface area contributed by atoms with E-state index in [0.29, 0.717) is 17.9 Å². The highest BCUT2D eigenvalue weighted by molar-refractivity contribution is 6.20. The minimum absolute atomic E-state index is 0.0993. The summed E-state index contributed by atoms with van der Waals surface area (Å²) >= 11 is 0. The van der Waals surface area contributed by atoms with Crippen molar-refractivity contribution in [2.75, 3.05) is 6.61 Å². The molecule has 4 nitrogen and oxygen atoms in total. The van der Waals surface area contributed by atoms with Crippen LogP contribution in [0.25, 0.3) is 11.6 Å². The first kappa shape index (κ1) is 17.6. The van der Waals surface area contributed by atoms with E-state index in [1.54, 1.807) is 24.3 Å². The summed E-state index contributed by atoms with van der Waals surface area (Å²) in [5, 5.41) is 9.55. The van der Waals surface area contributed by atoms with Crippen LogP contribution in [-0.4, -0.2) is 23.8 Å². The molecule has 4 heteroatoms. The zero-order chi connectivity index (χ0) is 17.5. The number of rotatable bonds is 7. The van der Waals surface area contributed by atoms with Crippen molar-refractivity contribution in [3.8, 4) is 11.5 Å². The number of carboxylic acids is 1. The van der Waals surface area contributed by atoms with Crippen molar-refractivity contribution >= 4 is 17.6 Å². The van der Waals surface area contributed by atoms with Gasteiger partial charge in [0.15, 0.2) is 0 Å². The van der Waals surface area contributed by atoms with Crippen LogP contribution < -0.4 is 9.47 Å². The lowest BCUT2D eigenvalue weighted by atomic mass is 10.0. The number of aliphatic carboxylic acids is 1. The van der Waals surface area contributed by atoms with Gasteiger partial charge in [-0.2, -0.15) is 0 Å². The molecular formula is C20H22O4. The Labute approximate surface area is 142 Å². The maximum absolute atomic E-state index is 11.7. The maximum Gasteiger partial charge on any atom is 0.336 e. The number of hydrogen-bond acceptors (Lipinski definition) is 3. The number of carbonyl (C=O) groups is 1. The molecule has 0 saturated carbocycles. The zero-order valence-corrected chi connectivity index (χ0v) is 14.2. The van der Waals surface area contributed by atoms with Gasteiger partial charge in [0.25, 0.3) is 0 Å². The van der Waals surface area contributed by atoms with Crippen molar-refractivity contribution in [3.05, 3.63) is 59.7 Å². The van der Waals surface area contributed by atoms with Gasteiger partial charge in [-0.25, -0.2) is 4.79 Å². The number of hydrogen-bond donors (Lipinski definition) is 1. The van der Waals surface area contributed by atoms with Gasteiger partial charge in [-0.1, -0.05) is 24.3 Å². The molecule has 0 saturated heterocycles. The molecule has 0 aromatic heterocycles. The Morgan fingerprint density at radius 2 is 1.83 bits per heavy atom. The lowest BCUT2D eigenvalue weighted by Gasteiger charge is -2.10. The largest absolute Gasteiger partial charge is 0.494 e. The van der Waals surface area contributed by atoms with Gasteiger partial charge in [-0.05, 0) is 62.2 Å². The van der Waals surface area contributed by atoms with Gasteiger partial charge in [-0.3, -0.25) is 0 Å². The molecule has 2 aromatic rings. The van der Waals surface area contributed by atoms with Gasteiger partial charge in [0.1, 0.15) is 11.5 Å². The van der Waals surface area contributed by atoms with E-state index in [1.165, 1.54) is 0 Å². The Bertz CT molecular complexity index is 715. The van der Waals surface area contributed by atoms with Crippen molar-refractivity contribution in [3.63, 3.8) is 0 Å². The summed E-state index contributed by atoms with van der Waals surface area (Å²) < 4.78 is 11.0. The molecule has 0 radical (unpaired) electrons. The Morgan fingerprint density at radius 1 is 1.12 bits per heavy atom. The van der Waals surface area contributed by atoms with Gasteiger partial charge in [0.2, 0.25) is 0 Å². The molecule has 0 aliphatic carbocycles. The van der Waals surface area contributed by atoms with Crippen LogP contribution in [0.1, 0.15) is 31.9 Å². The average molecular weight is 326 g/mol. The lowest BCUT2D eigenvalue weighted by Crippen LogP contribution is -2.05. The lowest BCUT2D eigenvalue weighted by molar-refractivity contribution is -0.130. The smallest absolute Gasteiger partial charge is 0.336 e. The maximum atomic E-state index is 11.7. The van der Waals surface area contributed by atoms with Gasteiger partial charge < -0.3 is 14.6 Å². The molecule has 0 bridgehead atoms. The summed E-state index contributed by atoms with van der Waals surface area (Å²) in [6, 6.07) is 14.4. The molecule has 2 rings (SSSR count). The molecule has 0 heterocycles. The van der Waals surface area contributed by atoms with E-state index in [1.807, 2.05) is 51.1 Å². The van der Waals surface area contributed by atoms with E-state index in [0.717, 1.165) is 11.3 Å². The highest BCUT2D eigenvalue weighted by Crippen LogP contribution is 2.24. The highest BCUT2D eigenvalue weighted by Gasteiger charge is 2.11. The Kier molecular flexibility index (Phi) is 6.01. The molecule has 1 N–H and O–H groups in total. The van der Waals surface area contributed by atoms with Gasteiger partial charge in [-0.15, -0.1) is 0 Å². The summed E-state index contributed by atoms with van der Waals surface area (Å²) in [5.74, 6) is 0.436. The Balaban J connectivity index is 2.31. The molecule has 0 amide bonds. The van der Waals surface area contributed by atoms with E-state index in [2.05, 4.69) is 0 Å². The summed E-state index contributed by atoms with van der Waals surface area (Å²) in [4.78, 5) is 11.7. The predicted molar refractivity (Wildman–Crippen MR) is 95.3 cm³/mol. The second kappa shape index (κ2) is 8.20. The van der Waals surface area contributed by atoms with E-state index < -0.39 is 5.97 Å². The van der Waals surface area contributed by atoms with Crippen molar-refractivity contribution in [1.82, 2.24) is 0 Å². The summed E-state index contributed by atoms with van der Waals surface area (Å²) in [6.45, 7) is 6.34. The third-order valence-corrected chi connectivity index (χ3v) is 3.25. The minimum atomic E-state index is -0.980. The molecule has 0 atom stereocenters. The van der Waals surface area contributed by atoms with Crippen LogP contribution >= 0.6 is 0 Å². The highest BCUT2D eigenvalue weighted by atomic mass is 16.5. The van der Waals surface area contributed by atoms with Crippen molar-refractivity contribution < 1.29 is 19.4 Å². The fourth-order valence-electron chi connectivity index (χ4n) is 2.27. The Hall–Kier alpha value is -2.75. The zero-order valence-electron chi connectivity index (χ0n) is 14.2. The first-order valence-corrected chi connectivity index (χ1v) is 7.94. The molecule has 0 aliphatic rings. The molecule has 0 spiro atoms. The van der Waals surface area contributed by atoms with Gasteiger partial charge in [0.05, 0.1) is 18.3 Å². The number of benzene rings is 2. The second-order valence-corrected chi connectivity index (χ2v) is 5.56. The average Bonchev–Trinajstić information content (AvgIpc) is 2.54. The quantitative estimate of drug-likeness (QED) is 0.601. The van der Waals surface area contributed by atoms with E-state index in [9.17, 15) is 9.90 Å². The molecule has 0 unspecified atom stereocenters. The van der Waals surface area contributed by atoms with Crippen LogP contribution in [0.15, 0.2) is 48.5 Å².